The average Bonchev–Trinajstić information content (AvgIpc) is 2.62. The van der Waals surface area contributed by atoms with Crippen LogP contribution in [0.15, 0.2) is 0 Å². The molecule has 2 fully saturated rings. The number of imide groups is 1. The van der Waals surface area contributed by atoms with E-state index in [0.717, 1.165) is 19.3 Å². The summed E-state index contributed by atoms with van der Waals surface area (Å²) in [6, 6.07) is 0. The molecule has 4 heteroatoms. The molecular formula is C12H20NO3+. The van der Waals surface area contributed by atoms with Crippen molar-refractivity contribution >= 4 is 12.0 Å². The highest BCUT2D eigenvalue weighted by Gasteiger charge is 2.66. The topological polar surface area (TPSA) is 43.4 Å². The number of amides is 2. The Bertz CT molecular complexity index is 315. The fourth-order valence-corrected chi connectivity index (χ4v) is 2.81. The molecule has 0 aromatic rings. The van der Waals surface area contributed by atoms with Gasteiger partial charge in [0.05, 0.1) is 12.5 Å². The lowest BCUT2D eigenvalue weighted by Crippen LogP contribution is -2.51. The van der Waals surface area contributed by atoms with Crippen molar-refractivity contribution in [1.29, 1.82) is 0 Å². The molecule has 0 aliphatic carbocycles. The van der Waals surface area contributed by atoms with E-state index in [1.165, 1.54) is 6.42 Å². The molecule has 0 saturated carbocycles. The fraction of sp³-hybridized carbons (Fsp3) is 0.833. The minimum Gasteiger partial charge on any atom is -0.401 e. The third-order valence-corrected chi connectivity index (χ3v) is 3.75. The van der Waals surface area contributed by atoms with Crippen LogP contribution in [0, 0.1) is 5.92 Å². The van der Waals surface area contributed by atoms with E-state index in [2.05, 4.69) is 6.92 Å². The van der Waals surface area contributed by atoms with Gasteiger partial charge in [-0.05, 0) is 12.8 Å². The normalized spacial score (nSPS) is 36.9. The molecule has 2 aliphatic heterocycles. The van der Waals surface area contributed by atoms with Gasteiger partial charge in [-0.2, -0.15) is 9.28 Å². The lowest BCUT2D eigenvalue weighted by atomic mass is 10.1. The number of ether oxygens (including phenoxy) is 1. The summed E-state index contributed by atoms with van der Waals surface area (Å²) >= 11 is 0. The van der Waals surface area contributed by atoms with E-state index in [4.69, 9.17) is 4.74 Å². The molecule has 16 heavy (non-hydrogen) atoms. The third kappa shape index (κ3) is 1.56. The number of rotatable bonds is 5. The van der Waals surface area contributed by atoms with E-state index < -0.39 is 6.10 Å². The molecule has 2 heterocycles. The summed E-state index contributed by atoms with van der Waals surface area (Å²) in [6.07, 6.45) is 3.59. The largest absolute Gasteiger partial charge is 0.524 e. The minimum absolute atomic E-state index is 0.00556. The van der Waals surface area contributed by atoms with Crippen molar-refractivity contribution in [3.05, 3.63) is 0 Å². The van der Waals surface area contributed by atoms with Gasteiger partial charge in [0.1, 0.15) is 6.54 Å². The number of carbonyl (C=O) groups excluding carboxylic acids is 2. The van der Waals surface area contributed by atoms with Gasteiger partial charge < -0.3 is 4.74 Å². The van der Waals surface area contributed by atoms with E-state index in [-0.39, 0.29) is 22.4 Å². The second-order valence-corrected chi connectivity index (χ2v) is 5.05. The number of unbranched alkanes of at least 4 members (excludes halogenated alkanes) is 3. The molecule has 2 saturated heterocycles. The highest BCUT2D eigenvalue weighted by Crippen LogP contribution is 2.37. The fourth-order valence-electron chi connectivity index (χ4n) is 2.81. The summed E-state index contributed by atoms with van der Waals surface area (Å²) in [5.74, 6) is 0.186. The Balaban J connectivity index is 2.00. The lowest BCUT2D eigenvalue weighted by molar-refractivity contribution is -0.770. The van der Waals surface area contributed by atoms with E-state index in [1.807, 2.05) is 6.92 Å². The number of carbonyl (C=O) groups is 2. The zero-order chi connectivity index (χ0) is 11.8. The molecule has 3 atom stereocenters. The number of quaternary nitrogens is 1. The Morgan fingerprint density at radius 2 is 2.06 bits per heavy atom. The van der Waals surface area contributed by atoms with Crippen LogP contribution in [0.2, 0.25) is 0 Å². The van der Waals surface area contributed by atoms with Crippen molar-refractivity contribution in [3.63, 3.8) is 0 Å². The summed E-state index contributed by atoms with van der Waals surface area (Å²) < 4.78 is 5.10. The first kappa shape index (κ1) is 11.6. The molecule has 90 valence electrons. The van der Waals surface area contributed by atoms with Crippen molar-refractivity contribution in [3.8, 4) is 0 Å². The molecule has 0 radical (unpaired) electrons. The Labute approximate surface area is 96.1 Å². The highest BCUT2D eigenvalue weighted by molar-refractivity contribution is 5.92. The number of fused-ring (bicyclic) bond motifs is 2. The van der Waals surface area contributed by atoms with Crippen LogP contribution in [-0.2, 0) is 9.53 Å². The Morgan fingerprint density at radius 3 is 2.62 bits per heavy atom. The van der Waals surface area contributed by atoms with Crippen LogP contribution in [0.1, 0.15) is 39.5 Å². The lowest BCUT2D eigenvalue weighted by Gasteiger charge is -2.25. The molecule has 2 amide bonds. The molecule has 0 aromatic carbocycles. The smallest absolute Gasteiger partial charge is 0.401 e. The van der Waals surface area contributed by atoms with Gasteiger partial charge in [0.15, 0.2) is 0 Å². The second-order valence-electron chi connectivity index (χ2n) is 5.05. The first-order valence-corrected chi connectivity index (χ1v) is 6.24. The average molecular weight is 226 g/mol. The van der Waals surface area contributed by atoms with Gasteiger partial charge in [0.2, 0.25) is 6.10 Å². The van der Waals surface area contributed by atoms with Crippen LogP contribution in [0.3, 0.4) is 0 Å². The van der Waals surface area contributed by atoms with E-state index in [0.29, 0.717) is 13.1 Å². The zero-order valence-electron chi connectivity index (χ0n) is 10.1. The van der Waals surface area contributed by atoms with Gasteiger partial charge in [-0.1, -0.05) is 26.7 Å². The molecule has 0 aromatic heterocycles. The highest BCUT2D eigenvalue weighted by atomic mass is 16.6. The molecule has 2 rings (SSSR count). The van der Waals surface area contributed by atoms with Gasteiger partial charge in [-0.3, -0.25) is 0 Å². The van der Waals surface area contributed by atoms with Crippen LogP contribution in [0.25, 0.3) is 0 Å². The standard InChI is InChI=1S/C12H20NO3/c1-3-4-5-6-7-13-8-9(2)10(11(13)14)16-12(13)15/h9-10H,3-8H2,1-2H3/q+1. The SMILES string of the molecule is CCCCCC[N+]12CC(C)C(OC1=O)C2=O. The van der Waals surface area contributed by atoms with Crippen LogP contribution >= 0.6 is 0 Å². The van der Waals surface area contributed by atoms with E-state index in [1.54, 1.807) is 0 Å². The van der Waals surface area contributed by atoms with Crippen LogP contribution < -0.4 is 0 Å². The Hall–Kier alpha value is -0.900. The zero-order valence-corrected chi connectivity index (χ0v) is 10.1. The van der Waals surface area contributed by atoms with Crippen molar-refractivity contribution in [2.45, 2.75) is 45.6 Å². The maximum Gasteiger partial charge on any atom is 0.524 e. The van der Waals surface area contributed by atoms with Crippen molar-refractivity contribution in [1.82, 2.24) is 0 Å². The van der Waals surface area contributed by atoms with Gasteiger partial charge in [-0.25, -0.2) is 4.79 Å². The van der Waals surface area contributed by atoms with Crippen molar-refractivity contribution < 1.29 is 18.8 Å². The van der Waals surface area contributed by atoms with E-state index >= 15 is 0 Å². The number of hydrogen-bond acceptors (Lipinski definition) is 3. The first-order valence-electron chi connectivity index (χ1n) is 6.24. The van der Waals surface area contributed by atoms with Crippen LogP contribution in [0.5, 0.6) is 0 Å². The third-order valence-electron chi connectivity index (χ3n) is 3.75. The van der Waals surface area contributed by atoms with Crippen LogP contribution in [0.4, 0.5) is 4.79 Å². The first-order chi connectivity index (χ1) is 7.62. The molecule has 2 bridgehead atoms. The van der Waals surface area contributed by atoms with Gasteiger partial charge in [0, 0.05) is 0 Å². The summed E-state index contributed by atoms with van der Waals surface area (Å²) in [4.78, 5) is 23.7. The molecule has 3 unspecified atom stereocenters. The monoisotopic (exact) mass is 226 g/mol. The van der Waals surface area contributed by atoms with Gasteiger partial charge >= 0.3 is 12.0 Å². The second kappa shape index (κ2) is 4.17. The molecule has 0 spiro atoms. The molecule has 2 aliphatic rings. The van der Waals surface area contributed by atoms with Gasteiger partial charge in [0.25, 0.3) is 0 Å². The quantitative estimate of drug-likeness (QED) is 0.532. The number of hydrogen-bond donors (Lipinski definition) is 0. The van der Waals surface area contributed by atoms with E-state index in [9.17, 15) is 9.59 Å². The Morgan fingerprint density at radius 1 is 1.31 bits per heavy atom. The van der Waals surface area contributed by atoms with Gasteiger partial charge in [-0.15, -0.1) is 0 Å². The minimum atomic E-state index is -0.460. The predicted octanol–water partition coefficient (Wildman–Crippen LogP) is 2.08. The summed E-state index contributed by atoms with van der Waals surface area (Å²) in [7, 11) is 0. The van der Waals surface area contributed by atoms with Crippen LogP contribution in [-0.4, -0.2) is 35.7 Å². The molecular weight excluding hydrogens is 206 g/mol. The van der Waals surface area contributed by atoms with Crippen molar-refractivity contribution in [2.24, 2.45) is 5.92 Å². The molecule has 0 N–H and O–H groups in total. The van der Waals surface area contributed by atoms with Crippen molar-refractivity contribution in [2.75, 3.05) is 13.1 Å². The molecule has 4 nitrogen and oxygen atoms in total. The summed E-state index contributed by atoms with van der Waals surface area (Å²) in [6.45, 7) is 5.42. The Kier molecular flexibility index (Phi) is 3.02. The number of nitrogens with zero attached hydrogens (tertiary/aromatic N) is 1. The maximum absolute atomic E-state index is 12.0. The predicted molar refractivity (Wildman–Crippen MR) is 58.6 cm³/mol. The summed E-state index contributed by atoms with van der Waals surface area (Å²) in [5.41, 5.74) is 0. The maximum atomic E-state index is 12.0. The summed E-state index contributed by atoms with van der Waals surface area (Å²) in [5, 5.41) is 0.